The van der Waals surface area contributed by atoms with Crippen LogP contribution in [0, 0.1) is 6.92 Å². The molecule has 0 bridgehead atoms. The van der Waals surface area contributed by atoms with Gasteiger partial charge < -0.3 is 9.71 Å². The number of aryl methyl sites for hydroxylation is 1. The normalized spacial score (nSPS) is 13.5. The average Bonchev–Trinajstić information content (AvgIpc) is 3.02. The number of hydrogen-bond donors (Lipinski definition) is 0. The van der Waals surface area contributed by atoms with Crippen LogP contribution in [-0.4, -0.2) is 6.85 Å². The first-order valence-electron chi connectivity index (χ1n) is 14.0. The summed E-state index contributed by atoms with van der Waals surface area (Å²) in [4.78, 5) is 5.09. The molecule has 0 saturated heterocycles. The Balaban J connectivity index is 1.39. The van der Waals surface area contributed by atoms with Gasteiger partial charge in [0.2, 0.25) is 0 Å². The fraction of sp³-hybridized carbons (Fsp3) is 0.0270. The van der Waals surface area contributed by atoms with E-state index in [9.17, 15) is 0 Å². The highest BCUT2D eigenvalue weighted by molar-refractivity contribution is 6.95. The molecule has 3 aliphatic heterocycles. The van der Waals surface area contributed by atoms with Gasteiger partial charge in [0.1, 0.15) is 0 Å². The molecule has 0 aromatic heterocycles. The SMILES string of the molecule is Cc1ccc2c(c1)-c1cccc3c1B1c4c(cccc4N3c3cccc(-c4ccccc4)c3)-c3ccccc3N12. The first-order chi connectivity index (χ1) is 19.8. The molecule has 3 heteroatoms. The lowest BCUT2D eigenvalue weighted by Crippen LogP contribution is -2.63. The van der Waals surface area contributed by atoms with Gasteiger partial charge in [0.05, 0.1) is 0 Å². The zero-order valence-corrected chi connectivity index (χ0v) is 22.2. The molecule has 9 rings (SSSR count). The summed E-state index contributed by atoms with van der Waals surface area (Å²) in [5, 5.41) is 0. The molecule has 6 aromatic rings. The largest absolute Gasteiger partial charge is 0.376 e. The van der Waals surface area contributed by atoms with Gasteiger partial charge in [-0.3, -0.25) is 0 Å². The molecule has 6 aromatic carbocycles. The molecule has 0 unspecified atom stereocenters. The molecule has 186 valence electrons. The van der Waals surface area contributed by atoms with Crippen LogP contribution in [0.5, 0.6) is 0 Å². The van der Waals surface area contributed by atoms with Crippen molar-refractivity contribution in [1.29, 1.82) is 0 Å². The van der Waals surface area contributed by atoms with E-state index in [2.05, 4.69) is 150 Å². The third-order valence-electron chi connectivity index (χ3n) is 8.82. The van der Waals surface area contributed by atoms with E-state index in [1.54, 1.807) is 0 Å². The lowest BCUT2D eigenvalue weighted by molar-refractivity contribution is 1.26. The van der Waals surface area contributed by atoms with Gasteiger partial charge in [0, 0.05) is 39.6 Å². The van der Waals surface area contributed by atoms with Gasteiger partial charge in [-0.05, 0) is 82.6 Å². The number of anilines is 5. The third kappa shape index (κ3) is 2.84. The van der Waals surface area contributed by atoms with Crippen LogP contribution in [0.4, 0.5) is 28.4 Å². The topological polar surface area (TPSA) is 6.48 Å². The van der Waals surface area contributed by atoms with Crippen LogP contribution in [-0.2, 0) is 0 Å². The number of hydrogen-bond acceptors (Lipinski definition) is 2. The summed E-state index contributed by atoms with van der Waals surface area (Å²) in [6.07, 6.45) is 0. The first-order valence-corrected chi connectivity index (χ1v) is 14.0. The van der Waals surface area contributed by atoms with Crippen LogP contribution >= 0.6 is 0 Å². The number of para-hydroxylation sites is 1. The molecule has 0 atom stereocenters. The maximum atomic E-state index is 2.60. The average molecular weight is 508 g/mol. The van der Waals surface area contributed by atoms with Gasteiger partial charge >= 0.3 is 6.85 Å². The van der Waals surface area contributed by atoms with E-state index in [0.717, 1.165) is 0 Å². The van der Waals surface area contributed by atoms with E-state index in [-0.39, 0.29) is 6.85 Å². The van der Waals surface area contributed by atoms with E-state index in [1.165, 1.54) is 78.3 Å². The minimum absolute atomic E-state index is 0.121. The van der Waals surface area contributed by atoms with Crippen molar-refractivity contribution in [2.75, 3.05) is 9.71 Å². The lowest BCUT2D eigenvalue weighted by atomic mass is 9.41. The molecule has 2 nitrogen and oxygen atoms in total. The minimum Gasteiger partial charge on any atom is -0.376 e. The highest BCUT2D eigenvalue weighted by Gasteiger charge is 2.48. The van der Waals surface area contributed by atoms with Crippen LogP contribution in [0.1, 0.15) is 5.56 Å². The fourth-order valence-corrected chi connectivity index (χ4v) is 7.20. The third-order valence-corrected chi connectivity index (χ3v) is 8.82. The Labute approximate surface area is 234 Å². The van der Waals surface area contributed by atoms with E-state index < -0.39 is 0 Å². The van der Waals surface area contributed by atoms with Crippen molar-refractivity contribution in [2.24, 2.45) is 0 Å². The van der Waals surface area contributed by atoms with Crippen molar-refractivity contribution in [1.82, 2.24) is 0 Å². The van der Waals surface area contributed by atoms with Gasteiger partial charge in [-0.2, -0.15) is 0 Å². The highest BCUT2D eigenvalue weighted by atomic mass is 15.2. The van der Waals surface area contributed by atoms with Crippen LogP contribution in [0.2, 0.25) is 0 Å². The van der Waals surface area contributed by atoms with Crippen LogP contribution in [0.25, 0.3) is 33.4 Å². The standard InChI is InChI=1S/C37H25BN2/c1-24-20-21-33-31(22-24)30-16-9-19-35-37(30)38-36-29(28-14-5-6-17-32(28)40(33)38)15-8-18-34(36)39(35)27-13-7-12-26(23-27)25-10-3-2-4-11-25/h2-23H,1H3. The van der Waals surface area contributed by atoms with Crippen LogP contribution < -0.4 is 20.6 Å². The predicted octanol–water partition coefficient (Wildman–Crippen LogP) is 8.35. The second-order valence-corrected chi connectivity index (χ2v) is 11.0. The second-order valence-electron chi connectivity index (χ2n) is 11.0. The maximum Gasteiger partial charge on any atom is 0.333 e. The Morgan fingerprint density at radius 2 is 1.05 bits per heavy atom. The van der Waals surface area contributed by atoms with Gasteiger partial charge in [0.25, 0.3) is 0 Å². The highest BCUT2D eigenvalue weighted by Crippen LogP contribution is 2.51. The number of benzene rings is 6. The zero-order chi connectivity index (χ0) is 26.4. The summed E-state index contributed by atoms with van der Waals surface area (Å²) in [6.45, 7) is 2.32. The predicted molar refractivity (Wildman–Crippen MR) is 169 cm³/mol. The Morgan fingerprint density at radius 1 is 0.450 bits per heavy atom. The Hall–Kier alpha value is -5.02. The zero-order valence-electron chi connectivity index (χ0n) is 22.2. The van der Waals surface area contributed by atoms with Crippen molar-refractivity contribution in [3.63, 3.8) is 0 Å². The molecular formula is C37H25BN2. The summed E-state index contributed by atoms with van der Waals surface area (Å²) in [5.41, 5.74) is 18.0. The van der Waals surface area contributed by atoms with E-state index in [0.29, 0.717) is 0 Å². The number of rotatable bonds is 2. The Morgan fingerprint density at radius 3 is 1.85 bits per heavy atom. The molecule has 0 aliphatic carbocycles. The summed E-state index contributed by atoms with van der Waals surface area (Å²) in [7, 11) is 0. The number of fused-ring (bicyclic) bond motifs is 6. The van der Waals surface area contributed by atoms with Crippen molar-refractivity contribution in [2.45, 2.75) is 6.92 Å². The molecule has 3 heterocycles. The summed E-state index contributed by atoms with van der Waals surface area (Å²) in [6, 6.07) is 49.2. The number of nitrogens with zero attached hydrogens (tertiary/aromatic N) is 2. The lowest BCUT2D eigenvalue weighted by Gasteiger charge is -2.49. The molecule has 0 radical (unpaired) electrons. The van der Waals surface area contributed by atoms with Crippen molar-refractivity contribution >= 4 is 46.2 Å². The maximum absolute atomic E-state index is 2.60. The van der Waals surface area contributed by atoms with E-state index in [4.69, 9.17) is 0 Å². The van der Waals surface area contributed by atoms with E-state index in [1.807, 2.05) is 0 Å². The molecule has 3 aliphatic rings. The molecule has 0 saturated carbocycles. The van der Waals surface area contributed by atoms with E-state index >= 15 is 0 Å². The van der Waals surface area contributed by atoms with Gasteiger partial charge in [-0.1, -0.05) is 96.6 Å². The first kappa shape index (κ1) is 21.9. The molecule has 0 spiro atoms. The summed E-state index contributed by atoms with van der Waals surface area (Å²) in [5.74, 6) is 0. The van der Waals surface area contributed by atoms with Crippen molar-refractivity contribution < 1.29 is 0 Å². The van der Waals surface area contributed by atoms with Gasteiger partial charge in [-0.15, -0.1) is 0 Å². The van der Waals surface area contributed by atoms with Crippen LogP contribution in [0.3, 0.4) is 0 Å². The molecular weight excluding hydrogens is 483 g/mol. The fourth-order valence-electron chi connectivity index (χ4n) is 7.20. The van der Waals surface area contributed by atoms with Crippen molar-refractivity contribution in [3.8, 4) is 33.4 Å². The van der Waals surface area contributed by atoms with Crippen LogP contribution in [0.15, 0.2) is 133 Å². The smallest absolute Gasteiger partial charge is 0.333 e. The van der Waals surface area contributed by atoms with Crippen molar-refractivity contribution in [3.05, 3.63) is 139 Å². The van der Waals surface area contributed by atoms with Gasteiger partial charge in [0.15, 0.2) is 0 Å². The molecule has 0 N–H and O–H groups in total. The summed E-state index contributed by atoms with van der Waals surface area (Å²) < 4.78 is 0. The second kappa shape index (κ2) is 8.00. The summed E-state index contributed by atoms with van der Waals surface area (Å²) >= 11 is 0. The van der Waals surface area contributed by atoms with Gasteiger partial charge in [-0.25, -0.2) is 0 Å². The Bertz CT molecular complexity index is 1990. The quantitative estimate of drug-likeness (QED) is 0.217. The minimum atomic E-state index is 0.121. The molecule has 0 amide bonds. The molecule has 0 fully saturated rings. The molecule has 40 heavy (non-hydrogen) atoms. The monoisotopic (exact) mass is 508 g/mol. The Kier molecular flexibility index (Phi) is 4.37.